The van der Waals surface area contributed by atoms with Gasteiger partial charge in [-0.25, -0.2) is 0 Å². The Morgan fingerprint density at radius 1 is 1.24 bits per heavy atom. The fourth-order valence-electron chi connectivity index (χ4n) is 8.41. The lowest BCUT2D eigenvalue weighted by Gasteiger charge is -2.60. The quantitative estimate of drug-likeness (QED) is 0.463. The smallest absolute Gasteiger partial charge is 0.303 e. The molecular formula is C28H38O6. The first-order chi connectivity index (χ1) is 15.9. The number of Topliss-reactive ketones (excluding diaryl/α,β-unsaturated/α-hetero) is 2. The van der Waals surface area contributed by atoms with Crippen molar-refractivity contribution in [3.8, 4) is 0 Å². The summed E-state index contributed by atoms with van der Waals surface area (Å²) >= 11 is 0. The minimum atomic E-state index is -0.941. The molecule has 4 aliphatic rings. The minimum absolute atomic E-state index is 0.0253. The number of hydrogen-bond donors (Lipinski definition) is 1. The molecule has 4 aliphatic carbocycles. The molecule has 6 nitrogen and oxygen atoms in total. The van der Waals surface area contributed by atoms with Crippen LogP contribution in [0.1, 0.15) is 79.6 Å². The second-order valence-electron chi connectivity index (χ2n) is 11.6. The van der Waals surface area contributed by atoms with Crippen LogP contribution in [0.25, 0.3) is 0 Å². The van der Waals surface area contributed by atoms with Crippen LogP contribution in [-0.4, -0.2) is 41.1 Å². The van der Waals surface area contributed by atoms with Crippen LogP contribution in [0.2, 0.25) is 0 Å². The molecule has 7 atom stereocenters. The largest absolute Gasteiger partial charge is 0.458 e. The highest BCUT2D eigenvalue weighted by Crippen LogP contribution is 2.70. The summed E-state index contributed by atoms with van der Waals surface area (Å²) in [5, 5.41) is 11.7. The van der Waals surface area contributed by atoms with Gasteiger partial charge < -0.3 is 9.84 Å². The Morgan fingerprint density at radius 3 is 2.59 bits per heavy atom. The average Bonchev–Trinajstić information content (AvgIpc) is 3.05. The van der Waals surface area contributed by atoms with E-state index in [1.165, 1.54) is 12.5 Å². The Labute approximate surface area is 202 Å². The zero-order valence-electron chi connectivity index (χ0n) is 21.1. The molecule has 6 heteroatoms. The van der Waals surface area contributed by atoms with Gasteiger partial charge >= 0.3 is 5.97 Å². The number of esters is 1. The number of allylic oxidation sites excluding steroid dienone is 4. The van der Waals surface area contributed by atoms with Crippen molar-refractivity contribution < 1.29 is 29.0 Å². The molecule has 186 valence electrons. The van der Waals surface area contributed by atoms with Gasteiger partial charge in [-0.1, -0.05) is 38.0 Å². The van der Waals surface area contributed by atoms with Crippen LogP contribution in [0.4, 0.5) is 0 Å². The van der Waals surface area contributed by atoms with E-state index >= 15 is 0 Å². The molecule has 0 radical (unpaired) electrons. The Kier molecular flexibility index (Phi) is 6.29. The number of fused-ring (bicyclic) bond motifs is 5. The second kappa shape index (κ2) is 8.54. The number of carbonyl (C=O) groups is 4. The number of carbonyl (C=O) groups excluding carboxylic acids is 4. The van der Waals surface area contributed by atoms with Gasteiger partial charge in [0.05, 0.1) is 6.10 Å². The summed E-state index contributed by atoms with van der Waals surface area (Å²) in [4.78, 5) is 50.1. The van der Waals surface area contributed by atoms with Gasteiger partial charge in [0.2, 0.25) is 0 Å². The van der Waals surface area contributed by atoms with Gasteiger partial charge in [0, 0.05) is 42.9 Å². The third-order valence-electron chi connectivity index (χ3n) is 10.0. The number of hydrogen-bond acceptors (Lipinski definition) is 6. The molecule has 34 heavy (non-hydrogen) atoms. The third kappa shape index (κ3) is 3.55. The SMILES string of the molecule is CCC(=O)C[C@]1(C(=O)COC(C)=O)CC[C@H]2[C@@H]3CC(C)=C4CC(=O)C=C[C@]4(C)[C@H]3[C@@H](O)C[C@@]21C. The number of aliphatic hydroxyl groups excluding tert-OH is 1. The number of ketones is 3. The standard InChI is InChI=1S/C28H38O6/c1-6-18(30)13-28(24(33)15-34-17(3)29)10-8-21-20-11-16(2)22-12-19(31)7-9-26(22,4)25(20)23(32)14-27(21,28)5/h7,9,20-21,23,25,32H,6,8,10-15H2,1-5H3/t20-,21-,23-,25+,26-,27-,28-/m0/s1. The normalized spacial score (nSPS) is 40.9. The zero-order valence-corrected chi connectivity index (χ0v) is 21.1. The van der Waals surface area contributed by atoms with E-state index in [4.69, 9.17) is 4.74 Å². The van der Waals surface area contributed by atoms with Gasteiger partial charge in [-0.05, 0) is 55.9 Å². The lowest BCUT2D eigenvalue weighted by atomic mass is 9.44. The van der Waals surface area contributed by atoms with E-state index in [0.29, 0.717) is 25.7 Å². The summed E-state index contributed by atoms with van der Waals surface area (Å²) in [6, 6.07) is 0. The van der Waals surface area contributed by atoms with Gasteiger partial charge in [0.1, 0.15) is 5.78 Å². The van der Waals surface area contributed by atoms with Crippen LogP contribution < -0.4 is 0 Å². The molecule has 0 aliphatic heterocycles. The van der Waals surface area contributed by atoms with Crippen molar-refractivity contribution in [1.82, 2.24) is 0 Å². The summed E-state index contributed by atoms with van der Waals surface area (Å²) in [6.07, 6.45) is 6.48. The van der Waals surface area contributed by atoms with Crippen molar-refractivity contribution in [2.24, 2.45) is 34.0 Å². The number of rotatable bonds is 6. The molecule has 0 amide bonds. The highest BCUT2D eigenvalue weighted by Gasteiger charge is 2.68. The number of ether oxygens (including phenoxy) is 1. The summed E-state index contributed by atoms with van der Waals surface area (Å²) < 4.78 is 5.12. The van der Waals surface area contributed by atoms with Gasteiger partial charge in [0.25, 0.3) is 0 Å². The van der Waals surface area contributed by atoms with Crippen LogP contribution in [0.3, 0.4) is 0 Å². The fourth-order valence-corrected chi connectivity index (χ4v) is 8.41. The monoisotopic (exact) mass is 470 g/mol. The third-order valence-corrected chi connectivity index (χ3v) is 10.0. The Hall–Kier alpha value is -2.08. The molecule has 1 N–H and O–H groups in total. The van der Waals surface area contributed by atoms with E-state index in [1.807, 2.05) is 6.08 Å². The summed E-state index contributed by atoms with van der Waals surface area (Å²) in [7, 11) is 0. The van der Waals surface area contributed by atoms with Crippen molar-refractivity contribution >= 4 is 23.3 Å². The second-order valence-corrected chi connectivity index (χ2v) is 11.6. The van der Waals surface area contributed by atoms with E-state index in [2.05, 4.69) is 20.8 Å². The first-order valence-electron chi connectivity index (χ1n) is 12.7. The van der Waals surface area contributed by atoms with Crippen molar-refractivity contribution in [3.05, 3.63) is 23.3 Å². The maximum absolute atomic E-state index is 13.7. The lowest BCUT2D eigenvalue weighted by molar-refractivity contribution is -0.165. The highest BCUT2D eigenvalue weighted by molar-refractivity contribution is 5.94. The first kappa shape index (κ1) is 25.0. The van der Waals surface area contributed by atoms with Gasteiger partial charge in [0.15, 0.2) is 18.2 Å². The molecule has 0 aromatic heterocycles. The molecule has 0 heterocycles. The first-order valence-corrected chi connectivity index (χ1v) is 12.7. The maximum atomic E-state index is 13.7. The minimum Gasteiger partial charge on any atom is -0.458 e. The maximum Gasteiger partial charge on any atom is 0.303 e. The summed E-state index contributed by atoms with van der Waals surface area (Å²) in [5.41, 5.74) is 0.460. The molecule has 0 unspecified atom stereocenters. The summed E-state index contributed by atoms with van der Waals surface area (Å²) in [6.45, 7) is 9.08. The zero-order chi connectivity index (χ0) is 25.1. The summed E-state index contributed by atoms with van der Waals surface area (Å²) in [5.74, 6) is -0.299. The average molecular weight is 471 g/mol. The molecule has 0 spiro atoms. The molecule has 0 aromatic carbocycles. The van der Waals surface area contributed by atoms with Crippen LogP contribution in [0.15, 0.2) is 23.3 Å². The fraction of sp³-hybridized carbons (Fsp3) is 0.714. The molecule has 0 bridgehead atoms. The molecule has 2 saturated carbocycles. The Bertz CT molecular complexity index is 991. The Morgan fingerprint density at radius 2 is 1.94 bits per heavy atom. The van der Waals surface area contributed by atoms with E-state index in [0.717, 1.165) is 18.4 Å². The predicted octanol–water partition coefficient (Wildman–Crippen LogP) is 4.14. The van der Waals surface area contributed by atoms with Crippen LogP contribution >= 0.6 is 0 Å². The topological polar surface area (TPSA) is 97.7 Å². The van der Waals surface area contributed by atoms with Gasteiger partial charge in [-0.2, -0.15) is 0 Å². The van der Waals surface area contributed by atoms with Crippen LogP contribution in [-0.2, 0) is 23.9 Å². The van der Waals surface area contributed by atoms with Crippen LogP contribution in [0, 0.1) is 34.0 Å². The van der Waals surface area contributed by atoms with Crippen molar-refractivity contribution in [2.45, 2.75) is 85.7 Å². The van der Waals surface area contributed by atoms with E-state index in [9.17, 15) is 24.3 Å². The van der Waals surface area contributed by atoms with Crippen LogP contribution in [0.5, 0.6) is 0 Å². The predicted molar refractivity (Wildman–Crippen MR) is 127 cm³/mol. The van der Waals surface area contributed by atoms with E-state index in [1.54, 1.807) is 13.0 Å². The van der Waals surface area contributed by atoms with Crippen molar-refractivity contribution in [3.63, 3.8) is 0 Å². The molecule has 0 aromatic rings. The highest BCUT2D eigenvalue weighted by atomic mass is 16.5. The number of aliphatic hydroxyl groups is 1. The molecular weight excluding hydrogens is 432 g/mol. The van der Waals surface area contributed by atoms with Crippen molar-refractivity contribution in [2.75, 3.05) is 6.61 Å². The molecule has 4 rings (SSSR count). The van der Waals surface area contributed by atoms with Gasteiger partial charge in [-0.3, -0.25) is 19.2 Å². The molecule has 0 saturated heterocycles. The lowest BCUT2D eigenvalue weighted by Crippen LogP contribution is -2.59. The Balaban J connectivity index is 1.77. The molecule has 2 fully saturated rings. The van der Waals surface area contributed by atoms with E-state index < -0.39 is 22.9 Å². The van der Waals surface area contributed by atoms with E-state index in [-0.39, 0.29) is 53.5 Å². The van der Waals surface area contributed by atoms with Crippen molar-refractivity contribution in [1.29, 1.82) is 0 Å². The van der Waals surface area contributed by atoms with Gasteiger partial charge in [-0.15, -0.1) is 0 Å².